The molecule has 16 heavy (non-hydrogen) atoms. The quantitative estimate of drug-likeness (QED) is 0.816. The molecule has 1 aliphatic carbocycles. The van der Waals surface area contributed by atoms with Gasteiger partial charge in [0.25, 0.3) is 0 Å². The van der Waals surface area contributed by atoms with Crippen molar-refractivity contribution in [2.45, 2.75) is 31.8 Å². The molecule has 0 spiro atoms. The highest BCUT2D eigenvalue weighted by atomic mass is 15.2. The Morgan fingerprint density at radius 3 is 2.75 bits per heavy atom. The molecule has 2 N–H and O–H groups in total. The second-order valence-corrected chi connectivity index (χ2v) is 5.57. The zero-order chi connectivity index (χ0) is 11.2. The molecule has 0 saturated heterocycles. The first-order valence-corrected chi connectivity index (χ1v) is 6.25. The Morgan fingerprint density at radius 2 is 2.06 bits per heavy atom. The van der Waals surface area contributed by atoms with Crippen LogP contribution in [0.5, 0.6) is 0 Å². The average Bonchev–Trinajstić information content (AvgIpc) is 2.86. The zero-order valence-corrected chi connectivity index (χ0v) is 9.95. The minimum atomic E-state index is 0.117. The average molecular weight is 216 g/mol. The number of nitrogens with zero attached hydrogens (tertiary/aromatic N) is 1. The summed E-state index contributed by atoms with van der Waals surface area (Å²) in [7, 11) is 0. The minimum absolute atomic E-state index is 0.117. The van der Waals surface area contributed by atoms with Crippen molar-refractivity contribution in [2.75, 3.05) is 13.1 Å². The fraction of sp³-hybridized carbons (Fsp3) is 0.571. The largest absolute Gasteiger partial charge is 0.324 e. The molecule has 1 aromatic carbocycles. The van der Waals surface area contributed by atoms with E-state index in [1.54, 1.807) is 0 Å². The highest BCUT2D eigenvalue weighted by Crippen LogP contribution is 2.41. The van der Waals surface area contributed by atoms with E-state index in [1.807, 2.05) is 0 Å². The molecule has 2 nitrogen and oxygen atoms in total. The second-order valence-electron chi connectivity index (χ2n) is 5.57. The molecule has 3 rings (SSSR count). The lowest BCUT2D eigenvalue weighted by molar-refractivity contribution is 0.227. The van der Waals surface area contributed by atoms with Crippen molar-refractivity contribution >= 4 is 0 Å². The van der Waals surface area contributed by atoms with Gasteiger partial charge in [-0.2, -0.15) is 0 Å². The Kier molecular flexibility index (Phi) is 2.30. The van der Waals surface area contributed by atoms with Gasteiger partial charge in [0.15, 0.2) is 0 Å². The van der Waals surface area contributed by atoms with E-state index in [-0.39, 0.29) is 5.54 Å². The molecule has 2 aliphatic rings. The summed E-state index contributed by atoms with van der Waals surface area (Å²) in [6.07, 6.45) is 2.38. The summed E-state index contributed by atoms with van der Waals surface area (Å²) in [5, 5.41) is 0. The van der Waals surface area contributed by atoms with Crippen molar-refractivity contribution in [3.8, 4) is 0 Å². The van der Waals surface area contributed by atoms with Crippen LogP contribution in [0.25, 0.3) is 0 Å². The molecule has 0 aromatic heterocycles. The fourth-order valence-electron chi connectivity index (χ4n) is 2.84. The van der Waals surface area contributed by atoms with Crippen molar-refractivity contribution in [2.24, 2.45) is 11.7 Å². The third-order valence-electron chi connectivity index (χ3n) is 4.24. The third-order valence-corrected chi connectivity index (χ3v) is 4.24. The summed E-state index contributed by atoms with van der Waals surface area (Å²) in [6, 6.07) is 8.79. The van der Waals surface area contributed by atoms with E-state index < -0.39 is 0 Å². The summed E-state index contributed by atoms with van der Waals surface area (Å²) < 4.78 is 0. The van der Waals surface area contributed by atoms with E-state index in [0.29, 0.717) is 5.92 Å². The molecular formula is C14H20N2. The predicted molar refractivity (Wildman–Crippen MR) is 66.1 cm³/mol. The number of rotatable bonds is 2. The van der Waals surface area contributed by atoms with E-state index in [4.69, 9.17) is 5.73 Å². The van der Waals surface area contributed by atoms with Gasteiger partial charge in [0.2, 0.25) is 0 Å². The maximum absolute atomic E-state index is 6.30. The van der Waals surface area contributed by atoms with Gasteiger partial charge >= 0.3 is 0 Å². The van der Waals surface area contributed by atoms with Gasteiger partial charge in [0.05, 0.1) is 0 Å². The van der Waals surface area contributed by atoms with Crippen LogP contribution < -0.4 is 5.73 Å². The molecule has 0 amide bonds. The lowest BCUT2D eigenvalue weighted by Gasteiger charge is -2.31. The number of hydrogen-bond acceptors (Lipinski definition) is 2. The van der Waals surface area contributed by atoms with Crippen molar-refractivity contribution < 1.29 is 0 Å². The molecule has 1 aromatic rings. The molecule has 1 fully saturated rings. The smallest absolute Gasteiger partial charge is 0.0313 e. The van der Waals surface area contributed by atoms with Crippen molar-refractivity contribution in [3.63, 3.8) is 0 Å². The third kappa shape index (κ3) is 1.76. The molecule has 2 heteroatoms. The zero-order valence-electron chi connectivity index (χ0n) is 9.95. The first-order chi connectivity index (χ1) is 7.67. The lowest BCUT2D eigenvalue weighted by Crippen LogP contribution is -2.42. The van der Waals surface area contributed by atoms with E-state index in [0.717, 1.165) is 13.1 Å². The highest BCUT2D eigenvalue weighted by molar-refractivity contribution is 5.29. The molecule has 0 bridgehead atoms. The monoisotopic (exact) mass is 216 g/mol. The fourth-order valence-corrected chi connectivity index (χ4v) is 2.84. The number of benzene rings is 1. The van der Waals surface area contributed by atoms with Crippen LogP contribution in [0.3, 0.4) is 0 Å². The van der Waals surface area contributed by atoms with E-state index in [9.17, 15) is 0 Å². The molecule has 1 saturated carbocycles. The Bertz CT molecular complexity index is 401. The Labute approximate surface area is 97.4 Å². The van der Waals surface area contributed by atoms with Crippen molar-refractivity contribution in [1.82, 2.24) is 4.90 Å². The molecule has 2 unspecified atom stereocenters. The second kappa shape index (κ2) is 3.57. The molecule has 86 valence electrons. The summed E-state index contributed by atoms with van der Waals surface area (Å²) in [5.74, 6) is 0.713. The number of fused-ring (bicyclic) bond motifs is 1. The van der Waals surface area contributed by atoms with Gasteiger partial charge in [-0.25, -0.2) is 0 Å². The first kappa shape index (κ1) is 10.3. The Balaban J connectivity index is 1.69. The van der Waals surface area contributed by atoms with Crippen LogP contribution in [0.15, 0.2) is 24.3 Å². The standard InChI is InChI=1S/C14H20N2/c1-11-8-14(11,15)10-16-7-6-12-4-2-3-5-13(12)9-16/h2-5,11H,6-10,15H2,1H3. The summed E-state index contributed by atoms with van der Waals surface area (Å²) >= 11 is 0. The number of hydrogen-bond donors (Lipinski definition) is 1. The molecule has 0 radical (unpaired) electrons. The molecule has 2 atom stereocenters. The van der Waals surface area contributed by atoms with Crippen LogP contribution in [0, 0.1) is 5.92 Å². The van der Waals surface area contributed by atoms with Gasteiger partial charge in [-0.1, -0.05) is 31.2 Å². The normalized spacial score (nSPS) is 33.5. The van der Waals surface area contributed by atoms with Gasteiger partial charge in [0.1, 0.15) is 0 Å². The van der Waals surface area contributed by atoms with Gasteiger partial charge in [0, 0.05) is 25.2 Å². The predicted octanol–water partition coefficient (Wildman–Crippen LogP) is 1.78. The van der Waals surface area contributed by atoms with Gasteiger partial charge < -0.3 is 5.73 Å². The van der Waals surface area contributed by atoms with E-state index >= 15 is 0 Å². The van der Waals surface area contributed by atoms with Crippen LogP contribution in [0.4, 0.5) is 0 Å². The maximum atomic E-state index is 6.30. The SMILES string of the molecule is CC1CC1(N)CN1CCc2ccccc2C1. The Hall–Kier alpha value is -0.860. The number of nitrogens with two attached hydrogens (primary N) is 1. The summed E-state index contributed by atoms with van der Waals surface area (Å²) in [6.45, 7) is 5.59. The molecule has 1 heterocycles. The highest BCUT2D eigenvalue weighted by Gasteiger charge is 2.48. The van der Waals surface area contributed by atoms with Crippen LogP contribution in [0.1, 0.15) is 24.5 Å². The van der Waals surface area contributed by atoms with Crippen LogP contribution in [0.2, 0.25) is 0 Å². The topological polar surface area (TPSA) is 29.3 Å². The van der Waals surface area contributed by atoms with Crippen LogP contribution >= 0.6 is 0 Å². The molecule has 1 aliphatic heterocycles. The van der Waals surface area contributed by atoms with Gasteiger partial charge in [-0.3, -0.25) is 4.90 Å². The Morgan fingerprint density at radius 1 is 1.38 bits per heavy atom. The van der Waals surface area contributed by atoms with E-state index in [2.05, 4.69) is 36.1 Å². The summed E-state index contributed by atoms with van der Waals surface area (Å²) in [4.78, 5) is 2.52. The van der Waals surface area contributed by atoms with Gasteiger partial charge in [-0.15, -0.1) is 0 Å². The minimum Gasteiger partial charge on any atom is -0.324 e. The van der Waals surface area contributed by atoms with Gasteiger partial charge in [-0.05, 0) is 29.9 Å². The summed E-state index contributed by atoms with van der Waals surface area (Å²) in [5.41, 5.74) is 9.43. The lowest BCUT2D eigenvalue weighted by atomic mass is 9.99. The first-order valence-electron chi connectivity index (χ1n) is 6.25. The van der Waals surface area contributed by atoms with Crippen molar-refractivity contribution in [3.05, 3.63) is 35.4 Å². The maximum Gasteiger partial charge on any atom is 0.0313 e. The van der Waals surface area contributed by atoms with E-state index in [1.165, 1.54) is 30.5 Å². The van der Waals surface area contributed by atoms with Crippen LogP contribution in [-0.4, -0.2) is 23.5 Å². The van der Waals surface area contributed by atoms with Crippen LogP contribution in [-0.2, 0) is 13.0 Å². The van der Waals surface area contributed by atoms with Crippen molar-refractivity contribution in [1.29, 1.82) is 0 Å². The molecular weight excluding hydrogens is 196 g/mol.